The van der Waals surface area contributed by atoms with Crippen LogP contribution in [0.3, 0.4) is 0 Å². The van der Waals surface area contributed by atoms with Crippen molar-refractivity contribution in [1.29, 1.82) is 0 Å². The molecule has 0 saturated heterocycles. The highest BCUT2D eigenvalue weighted by Crippen LogP contribution is 2.24. The van der Waals surface area contributed by atoms with E-state index in [4.69, 9.17) is 0 Å². The van der Waals surface area contributed by atoms with Gasteiger partial charge in [0.05, 0.1) is 6.54 Å². The van der Waals surface area contributed by atoms with Crippen LogP contribution in [0, 0.1) is 0 Å². The molecule has 3 rings (SSSR count). The Hall–Kier alpha value is -3.14. The molecular formula is C19H13BrF3N3O3. The Morgan fingerprint density at radius 2 is 1.83 bits per heavy atom. The van der Waals surface area contributed by atoms with Gasteiger partial charge in [-0.25, -0.2) is 4.68 Å². The predicted molar refractivity (Wildman–Crippen MR) is 103 cm³/mol. The number of benzene rings is 2. The molecule has 1 N–H and O–H groups in total. The highest BCUT2D eigenvalue weighted by atomic mass is 79.9. The van der Waals surface area contributed by atoms with Crippen LogP contribution >= 0.6 is 15.9 Å². The van der Waals surface area contributed by atoms with E-state index in [0.717, 1.165) is 26.9 Å². The van der Waals surface area contributed by atoms with Crippen LogP contribution in [-0.4, -0.2) is 22.1 Å². The molecule has 6 nitrogen and oxygen atoms in total. The number of halogens is 4. The number of anilines is 1. The quantitative estimate of drug-likeness (QED) is 0.609. The Balaban J connectivity index is 1.73. The van der Waals surface area contributed by atoms with Gasteiger partial charge in [0.15, 0.2) is 0 Å². The second kappa shape index (κ2) is 8.48. The molecule has 0 aliphatic rings. The van der Waals surface area contributed by atoms with E-state index in [1.807, 2.05) is 24.3 Å². The molecule has 3 aromatic rings. The van der Waals surface area contributed by atoms with Crippen molar-refractivity contribution < 1.29 is 22.7 Å². The third kappa shape index (κ3) is 5.92. The second-order valence-electron chi connectivity index (χ2n) is 5.87. The average Bonchev–Trinajstić information content (AvgIpc) is 2.64. The van der Waals surface area contributed by atoms with Gasteiger partial charge in [-0.05, 0) is 48.0 Å². The predicted octanol–water partition coefficient (Wildman–Crippen LogP) is 4.21. The highest BCUT2D eigenvalue weighted by Gasteiger charge is 2.31. The van der Waals surface area contributed by atoms with Crippen LogP contribution in [-0.2, 0) is 6.54 Å². The Labute approximate surface area is 171 Å². The van der Waals surface area contributed by atoms with Gasteiger partial charge in [0.2, 0.25) is 0 Å². The smallest absolute Gasteiger partial charge is 0.406 e. The lowest BCUT2D eigenvalue weighted by atomic mass is 10.2. The normalized spacial score (nSPS) is 11.2. The number of alkyl halides is 3. The molecule has 0 radical (unpaired) electrons. The SMILES string of the molecule is O=C(Nc1ccc(OC(F)(F)F)cc1)c1ccc(=O)n(Cc2cccc(Br)c2)n1. The fourth-order valence-electron chi connectivity index (χ4n) is 2.43. The van der Waals surface area contributed by atoms with Gasteiger partial charge in [0.25, 0.3) is 11.5 Å². The van der Waals surface area contributed by atoms with Gasteiger partial charge in [-0.15, -0.1) is 13.2 Å². The van der Waals surface area contributed by atoms with Crippen LogP contribution in [0.2, 0.25) is 0 Å². The molecule has 0 aliphatic heterocycles. The molecule has 0 fully saturated rings. The summed E-state index contributed by atoms with van der Waals surface area (Å²) in [5.41, 5.74) is 0.660. The molecule has 150 valence electrons. The van der Waals surface area contributed by atoms with Crippen LogP contribution in [0.15, 0.2) is 69.9 Å². The topological polar surface area (TPSA) is 73.2 Å². The second-order valence-corrected chi connectivity index (χ2v) is 6.79. The van der Waals surface area contributed by atoms with E-state index < -0.39 is 18.0 Å². The minimum atomic E-state index is -4.79. The van der Waals surface area contributed by atoms with Gasteiger partial charge in [0, 0.05) is 16.2 Å². The number of carbonyl (C=O) groups excluding carboxylic acids is 1. The van der Waals surface area contributed by atoms with E-state index in [2.05, 4.69) is 31.1 Å². The third-order valence-electron chi connectivity index (χ3n) is 3.67. The number of amides is 1. The maximum atomic E-state index is 12.4. The van der Waals surface area contributed by atoms with Crippen molar-refractivity contribution >= 4 is 27.5 Å². The van der Waals surface area contributed by atoms with Crippen molar-refractivity contribution in [2.24, 2.45) is 0 Å². The number of nitrogens with one attached hydrogen (secondary N) is 1. The summed E-state index contributed by atoms with van der Waals surface area (Å²) in [5.74, 6) is -1.02. The number of hydrogen-bond donors (Lipinski definition) is 1. The van der Waals surface area contributed by atoms with Crippen LogP contribution in [0.25, 0.3) is 0 Å². The monoisotopic (exact) mass is 467 g/mol. The number of nitrogens with zero attached hydrogens (tertiary/aromatic N) is 2. The zero-order chi connectivity index (χ0) is 21.0. The fourth-order valence-corrected chi connectivity index (χ4v) is 2.87. The van der Waals surface area contributed by atoms with E-state index in [1.54, 1.807) is 0 Å². The summed E-state index contributed by atoms with van der Waals surface area (Å²) in [7, 11) is 0. The zero-order valence-corrected chi connectivity index (χ0v) is 16.2. The van der Waals surface area contributed by atoms with Crippen LogP contribution in [0.4, 0.5) is 18.9 Å². The molecule has 0 atom stereocenters. The first-order valence-corrected chi connectivity index (χ1v) is 8.99. The first-order valence-electron chi connectivity index (χ1n) is 8.19. The summed E-state index contributed by atoms with van der Waals surface area (Å²) in [4.78, 5) is 24.4. The Morgan fingerprint density at radius 3 is 2.48 bits per heavy atom. The first kappa shape index (κ1) is 20.6. The fraction of sp³-hybridized carbons (Fsp3) is 0.105. The van der Waals surface area contributed by atoms with E-state index in [0.29, 0.717) is 0 Å². The largest absolute Gasteiger partial charge is 0.573 e. The number of aromatic nitrogens is 2. The lowest BCUT2D eigenvalue weighted by molar-refractivity contribution is -0.274. The van der Waals surface area contributed by atoms with Gasteiger partial charge >= 0.3 is 6.36 Å². The van der Waals surface area contributed by atoms with Crippen molar-refractivity contribution in [3.05, 3.63) is 86.7 Å². The van der Waals surface area contributed by atoms with Gasteiger partial charge in [0.1, 0.15) is 11.4 Å². The van der Waals surface area contributed by atoms with Gasteiger partial charge < -0.3 is 10.1 Å². The Kier molecular flexibility index (Phi) is 6.02. The number of carbonyl (C=O) groups is 1. The van der Waals surface area contributed by atoms with Crippen molar-refractivity contribution in [3.8, 4) is 5.75 Å². The van der Waals surface area contributed by atoms with Crippen LogP contribution in [0.1, 0.15) is 16.1 Å². The molecule has 0 unspecified atom stereocenters. The summed E-state index contributed by atoms with van der Waals surface area (Å²) in [5, 5.41) is 6.57. The van der Waals surface area contributed by atoms with E-state index in [9.17, 15) is 22.8 Å². The lowest BCUT2D eigenvalue weighted by Gasteiger charge is -2.10. The lowest BCUT2D eigenvalue weighted by Crippen LogP contribution is -2.26. The summed E-state index contributed by atoms with van der Waals surface area (Å²) >= 11 is 3.35. The number of ether oxygens (including phenoxy) is 1. The first-order chi connectivity index (χ1) is 13.7. The Bertz CT molecular complexity index is 1080. The Morgan fingerprint density at radius 1 is 1.10 bits per heavy atom. The van der Waals surface area contributed by atoms with E-state index in [-0.39, 0.29) is 23.5 Å². The molecule has 0 aliphatic carbocycles. The number of hydrogen-bond acceptors (Lipinski definition) is 4. The summed E-state index contributed by atoms with van der Waals surface area (Å²) in [6, 6.07) is 14.5. The minimum Gasteiger partial charge on any atom is -0.406 e. The van der Waals surface area contributed by atoms with Crippen molar-refractivity contribution in [3.63, 3.8) is 0 Å². The number of rotatable bonds is 5. The maximum Gasteiger partial charge on any atom is 0.573 e. The molecule has 1 amide bonds. The summed E-state index contributed by atoms with van der Waals surface area (Å²) < 4.78 is 42.3. The van der Waals surface area contributed by atoms with Crippen molar-refractivity contribution in [1.82, 2.24) is 9.78 Å². The molecule has 1 aromatic heterocycles. The molecular weight excluding hydrogens is 455 g/mol. The molecule has 1 heterocycles. The molecule has 29 heavy (non-hydrogen) atoms. The minimum absolute atomic E-state index is 0.0183. The van der Waals surface area contributed by atoms with Crippen molar-refractivity contribution in [2.75, 3.05) is 5.32 Å². The molecule has 2 aromatic carbocycles. The third-order valence-corrected chi connectivity index (χ3v) is 4.16. The average molecular weight is 468 g/mol. The standard InChI is InChI=1S/C19H13BrF3N3O3/c20-13-3-1-2-12(10-13)11-26-17(27)9-8-16(25-26)18(28)24-14-4-6-15(7-5-14)29-19(21,22)23/h1-10H,11H2,(H,24,28). The van der Waals surface area contributed by atoms with Crippen LogP contribution in [0.5, 0.6) is 5.75 Å². The molecule has 0 saturated carbocycles. The van der Waals surface area contributed by atoms with E-state index >= 15 is 0 Å². The molecule has 0 bridgehead atoms. The van der Waals surface area contributed by atoms with Gasteiger partial charge in [-0.1, -0.05) is 28.1 Å². The zero-order valence-electron chi connectivity index (χ0n) is 14.6. The highest BCUT2D eigenvalue weighted by molar-refractivity contribution is 9.10. The summed E-state index contributed by atoms with van der Waals surface area (Å²) in [6.07, 6.45) is -4.79. The van der Waals surface area contributed by atoms with Gasteiger partial charge in [-0.3, -0.25) is 9.59 Å². The molecule has 0 spiro atoms. The van der Waals surface area contributed by atoms with Crippen LogP contribution < -0.4 is 15.6 Å². The molecule has 10 heteroatoms. The van der Waals surface area contributed by atoms with E-state index in [1.165, 1.54) is 24.3 Å². The maximum absolute atomic E-state index is 12.4. The van der Waals surface area contributed by atoms with Crippen molar-refractivity contribution in [2.45, 2.75) is 12.9 Å². The van der Waals surface area contributed by atoms with Gasteiger partial charge in [-0.2, -0.15) is 5.10 Å². The summed E-state index contributed by atoms with van der Waals surface area (Å²) in [6.45, 7) is 0.170.